The fraction of sp³-hybridized carbons (Fsp3) is 0.611. The molecule has 0 bridgehead atoms. The molecule has 0 radical (unpaired) electrons. The van der Waals surface area contributed by atoms with Crippen LogP contribution in [-0.2, 0) is 11.3 Å². The van der Waals surface area contributed by atoms with Crippen molar-refractivity contribution in [2.24, 2.45) is 5.41 Å². The van der Waals surface area contributed by atoms with Crippen LogP contribution in [0.3, 0.4) is 0 Å². The van der Waals surface area contributed by atoms with Crippen molar-refractivity contribution in [1.29, 1.82) is 0 Å². The molecule has 0 saturated heterocycles. The SMILES string of the molecule is CCCCCCCCCCCCCCOC1(C(C)(C)C)C=CC=CC1NC(=O)c1ccccc1C[n+]1csc(C)c1.[Br-]. The predicted octanol–water partition coefficient (Wildman–Crippen LogP) is 6.12. The number of nitrogens with one attached hydrogen (secondary N) is 1. The maximum absolute atomic E-state index is 13.7. The van der Waals surface area contributed by atoms with E-state index in [0.717, 1.165) is 17.5 Å². The molecule has 2 unspecified atom stereocenters. The monoisotopic (exact) mass is 658 g/mol. The molecule has 1 heterocycles. The second-order valence-electron chi connectivity index (χ2n) is 12.8. The van der Waals surface area contributed by atoms with Gasteiger partial charge in [-0.2, -0.15) is 4.57 Å². The first kappa shape index (κ1) is 36.4. The molecule has 2 atom stereocenters. The van der Waals surface area contributed by atoms with Crippen molar-refractivity contribution in [2.45, 2.75) is 130 Å². The lowest BCUT2D eigenvalue weighted by molar-refractivity contribution is -0.683. The molecule has 1 amide bonds. The van der Waals surface area contributed by atoms with Crippen LogP contribution in [0.1, 0.15) is 126 Å². The van der Waals surface area contributed by atoms with Crippen LogP contribution in [0.2, 0.25) is 0 Å². The lowest BCUT2D eigenvalue weighted by atomic mass is 9.69. The summed E-state index contributed by atoms with van der Waals surface area (Å²) < 4.78 is 8.89. The van der Waals surface area contributed by atoms with E-state index in [1.54, 1.807) is 11.3 Å². The smallest absolute Gasteiger partial charge is 0.252 e. The van der Waals surface area contributed by atoms with Gasteiger partial charge in [0, 0.05) is 17.7 Å². The summed E-state index contributed by atoms with van der Waals surface area (Å²) in [5, 5.41) is 3.35. The van der Waals surface area contributed by atoms with Crippen molar-refractivity contribution in [3.8, 4) is 0 Å². The quantitative estimate of drug-likeness (QED) is 0.155. The molecule has 1 aliphatic rings. The predicted molar refractivity (Wildman–Crippen MR) is 174 cm³/mol. The maximum atomic E-state index is 13.7. The molecule has 234 valence electrons. The van der Waals surface area contributed by atoms with Gasteiger partial charge in [-0.25, -0.2) is 0 Å². The first-order valence-corrected chi connectivity index (χ1v) is 17.0. The van der Waals surface area contributed by atoms with Crippen molar-refractivity contribution < 1.29 is 31.1 Å². The summed E-state index contributed by atoms with van der Waals surface area (Å²) in [4.78, 5) is 15.0. The van der Waals surface area contributed by atoms with Crippen LogP contribution < -0.4 is 26.9 Å². The zero-order chi connectivity index (χ0) is 29.6. The lowest BCUT2D eigenvalue weighted by Crippen LogP contribution is -3.00. The second kappa shape index (κ2) is 18.8. The zero-order valence-electron chi connectivity index (χ0n) is 26.8. The third-order valence-electron chi connectivity index (χ3n) is 8.35. The molecule has 42 heavy (non-hydrogen) atoms. The fourth-order valence-electron chi connectivity index (χ4n) is 5.85. The Balaban J connectivity index is 0.00000616. The average Bonchev–Trinajstić information content (AvgIpc) is 3.36. The second-order valence-corrected chi connectivity index (χ2v) is 13.9. The highest BCUT2D eigenvalue weighted by Gasteiger charge is 2.48. The van der Waals surface area contributed by atoms with Crippen LogP contribution >= 0.6 is 11.3 Å². The van der Waals surface area contributed by atoms with Gasteiger partial charge in [0.05, 0.1) is 10.9 Å². The first-order valence-electron chi connectivity index (χ1n) is 16.1. The number of rotatable bonds is 18. The number of hydrogen-bond acceptors (Lipinski definition) is 3. The summed E-state index contributed by atoms with van der Waals surface area (Å²) in [6, 6.07) is 7.68. The van der Waals surface area contributed by atoms with Gasteiger partial charge in [0.25, 0.3) is 5.91 Å². The average molecular weight is 660 g/mol. The standard InChI is InChI=1S/C36H54N2O2S.BrH/c1-6-7-8-9-10-11-12-13-14-15-16-21-26-40-36(35(3,4)5)25-20-19-24-33(36)37-34(39)32-23-18-17-22-31(32)28-38-27-30(2)41-29-38;/h17-20,22-25,27,29,33H,6-16,21,26,28H2,1-5H3;1H. The molecule has 6 heteroatoms. The number of nitrogens with zero attached hydrogens (tertiary/aromatic N) is 1. The van der Waals surface area contributed by atoms with E-state index in [4.69, 9.17) is 4.74 Å². The number of halogens is 1. The Kier molecular flexibility index (Phi) is 16.3. The molecule has 0 fully saturated rings. The number of hydrogen-bond donors (Lipinski definition) is 1. The van der Waals surface area contributed by atoms with Crippen LogP contribution in [0, 0.1) is 12.3 Å². The van der Waals surface area contributed by atoms with Gasteiger partial charge < -0.3 is 27.0 Å². The van der Waals surface area contributed by atoms with E-state index in [1.165, 1.54) is 75.5 Å². The Bertz CT molecular complexity index is 1120. The van der Waals surface area contributed by atoms with Gasteiger partial charge in [-0.05, 0) is 30.9 Å². The molecule has 2 aromatic rings. The fourth-order valence-corrected chi connectivity index (χ4v) is 6.49. The number of thiazole rings is 1. The Morgan fingerprint density at radius 1 is 0.952 bits per heavy atom. The van der Waals surface area contributed by atoms with Gasteiger partial charge in [0.15, 0.2) is 12.7 Å². The largest absolute Gasteiger partial charge is 1.00 e. The molecular formula is C36H55BrN2O2S. The summed E-state index contributed by atoms with van der Waals surface area (Å²) in [6.07, 6.45) is 26.4. The minimum atomic E-state index is -0.608. The van der Waals surface area contributed by atoms with Gasteiger partial charge in [0.2, 0.25) is 5.51 Å². The highest BCUT2D eigenvalue weighted by Crippen LogP contribution is 2.40. The van der Waals surface area contributed by atoms with E-state index in [-0.39, 0.29) is 34.3 Å². The molecule has 1 aliphatic carbocycles. The molecule has 1 aromatic heterocycles. The Hall–Kier alpha value is -1.76. The number of unbranched alkanes of at least 4 members (excludes halogenated alkanes) is 11. The van der Waals surface area contributed by atoms with E-state index in [9.17, 15) is 4.79 Å². The maximum Gasteiger partial charge on any atom is 0.252 e. The van der Waals surface area contributed by atoms with Crippen molar-refractivity contribution in [3.05, 3.63) is 76.3 Å². The van der Waals surface area contributed by atoms with Crippen molar-refractivity contribution in [3.63, 3.8) is 0 Å². The highest BCUT2D eigenvalue weighted by molar-refractivity contribution is 7.09. The third-order valence-corrected chi connectivity index (χ3v) is 9.21. The Morgan fingerprint density at radius 2 is 1.57 bits per heavy atom. The van der Waals surface area contributed by atoms with Crippen LogP contribution in [0.15, 0.2) is 60.3 Å². The van der Waals surface area contributed by atoms with Gasteiger partial charge in [0.1, 0.15) is 5.60 Å². The van der Waals surface area contributed by atoms with Gasteiger partial charge >= 0.3 is 0 Å². The van der Waals surface area contributed by atoms with Crippen molar-refractivity contribution >= 4 is 17.2 Å². The van der Waals surface area contributed by atoms with Gasteiger partial charge in [-0.1, -0.05) is 146 Å². The lowest BCUT2D eigenvalue weighted by Gasteiger charge is -2.48. The molecular weight excluding hydrogens is 604 g/mol. The van der Waals surface area contributed by atoms with E-state index in [0.29, 0.717) is 13.2 Å². The van der Waals surface area contributed by atoms with Gasteiger partial charge in [-0.15, -0.1) is 0 Å². The summed E-state index contributed by atoms with van der Waals surface area (Å²) in [7, 11) is 0. The first-order chi connectivity index (χ1) is 19.8. The number of carbonyl (C=O) groups excluding carboxylic acids is 1. The van der Waals surface area contributed by atoms with E-state index in [1.807, 2.05) is 30.3 Å². The number of carbonyl (C=O) groups is 1. The number of amides is 1. The van der Waals surface area contributed by atoms with Crippen LogP contribution in [0.5, 0.6) is 0 Å². The molecule has 1 N–H and O–H groups in total. The summed E-state index contributed by atoms with van der Waals surface area (Å²) in [5.41, 5.74) is 3.03. The van der Waals surface area contributed by atoms with Crippen molar-refractivity contribution in [2.75, 3.05) is 6.61 Å². The summed E-state index contributed by atoms with van der Waals surface area (Å²) in [6.45, 7) is 12.4. The number of aromatic nitrogens is 1. The number of ether oxygens (including phenoxy) is 1. The molecule has 0 saturated carbocycles. The Morgan fingerprint density at radius 3 is 2.17 bits per heavy atom. The minimum absolute atomic E-state index is 0. The molecule has 0 aliphatic heterocycles. The summed E-state index contributed by atoms with van der Waals surface area (Å²) in [5.74, 6) is -0.0549. The Labute approximate surface area is 270 Å². The summed E-state index contributed by atoms with van der Waals surface area (Å²) >= 11 is 1.72. The third kappa shape index (κ3) is 11.1. The van der Waals surface area contributed by atoms with Gasteiger partial charge in [-0.3, -0.25) is 4.79 Å². The number of allylic oxidation sites excluding steroid dienone is 2. The van der Waals surface area contributed by atoms with Crippen molar-refractivity contribution in [1.82, 2.24) is 5.32 Å². The zero-order valence-corrected chi connectivity index (χ0v) is 29.2. The van der Waals surface area contributed by atoms with E-state index in [2.05, 4.69) is 74.4 Å². The highest BCUT2D eigenvalue weighted by atomic mass is 79.9. The molecule has 1 aromatic carbocycles. The van der Waals surface area contributed by atoms with Crippen LogP contribution in [0.25, 0.3) is 0 Å². The molecule has 3 rings (SSSR count). The topological polar surface area (TPSA) is 42.2 Å². The van der Waals surface area contributed by atoms with Crippen LogP contribution in [0.4, 0.5) is 0 Å². The number of benzene rings is 1. The molecule has 0 spiro atoms. The van der Waals surface area contributed by atoms with E-state index < -0.39 is 5.60 Å². The molecule has 4 nitrogen and oxygen atoms in total. The van der Waals surface area contributed by atoms with Crippen LogP contribution in [-0.4, -0.2) is 24.2 Å². The normalized spacial score (nSPS) is 18.2. The number of aryl methyl sites for hydroxylation is 1. The van der Waals surface area contributed by atoms with E-state index >= 15 is 0 Å². The minimum Gasteiger partial charge on any atom is -1.00 e.